The van der Waals surface area contributed by atoms with Crippen LogP contribution in [0.1, 0.15) is 88.6 Å². The second-order valence-corrected chi connectivity index (χ2v) is 19.1. The van der Waals surface area contributed by atoms with Crippen molar-refractivity contribution in [3.05, 3.63) is 93.1 Å². The molecule has 18 heteroatoms. The molecule has 16 nitrogen and oxygen atoms in total. The van der Waals surface area contributed by atoms with Crippen LogP contribution in [0.4, 0.5) is 16.8 Å². The van der Waals surface area contributed by atoms with Gasteiger partial charge in [-0.25, -0.2) is 15.0 Å². The van der Waals surface area contributed by atoms with Crippen molar-refractivity contribution in [2.45, 2.75) is 86.1 Å². The minimum atomic E-state index is -1.05. The summed E-state index contributed by atoms with van der Waals surface area (Å²) in [6.45, 7) is 20.6. The van der Waals surface area contributed by atoms with Gasteiger partial charge in [-0.15, -0.1) is 0 Å². The molecule has 4 aliphatic heterocycles. The summed E-state index contributed by atoms with van der Waals surface area (Å²) in [5.74, 6) is 0.589. The van der Waals surface area contributed by atoms with Crippen LogP contribution in [-0.2, 0) is 19.2 Å². The van der Waals surface area contributed by atoms with E-state index < -0.39 is 23.8 Å². The van der Waals surface area contributed by atoms with Crippen molar-refractivity contribution in [2.75, 3.05) is 83.2 Å². The summed E-state index contributed by atoms with van der Waals surface area (Å²) in [7, 11) is 3.61. The fraction of sp³-hybridized carbons (Fsp3) is 0.510. The van der Waals surface area contributed by atoms with Crippen molar-refractivity contribution in [3.63, 3.8) is 0 Å². The summed E-state index contributed by atoms with van der Waals surface area (Å²) in [4.78, 5) is 87.0. The predicted molar refractivity (Wildman–Crippen MR) is 267 cm³/mol. The maximum atomic E-state index is 13.4. The van der Waals surface area contributed by atoms with E-state index in [0.717, 1.165) is 81.0 Å². The molecule has 6 heterocycles. The number of piperidine rings is 1. The van der Waals surface area contributed by atoms with Crippen molar-refractivity contribution in [3.8, 4) is 0 Å². The van der Waals surface area contributed by atoms with Crippen molar-refractivity contribution in [1.29, 1.82) is 0 Å². The number of piperazine rings is 1. The highest BCUT2D eigenvalue weighted by atomic mass is 35.5. The first-order valence-electron chi connectivity index (χ1n) is 23.3. The van der Waals surface area contributed by atoms with E-state index in [1.54, 1.807) is 32.2 Å². The first kappa shape index (κ1) is 52.5. The maximum Gasteiger partial charge on any atom is 0.267 e. The standard InChI is InChI=1S/C26H39N5O4.C21H23ClN6OS.C2H6/c1-19-8-9-21(30-17-26(3,18-30)16-29-12-10-28(5)11-13-29)15-20(2)25(35)31(24(19)34)22(7-6-14-32)23(33)27-4;1-14-24-18(12-19(25-14)28-9-5-2-6-10-28)27-21-23-13-17(30-21)20(29)26-16-8-4-3-7-15(22)11-16;1-2/h8-9,14-15,22H,6-7,10-13,16-18H2,1-5H3,(H,27,33);3-4,7-8,12-13H,2,5-6,9-11H2,1H3,(H,26,29)(H,23,24,25,27);1-2H3/b19-8+,20-15+,21-9+;;. The van der Waals surface area contributed by atoms with E-state index >= 15 is 0 Å². The molecule has 3 saturated heterocycles. The molecule has 0 aromatic carbocycles. The molecule has 2 aromatic heterocycles. The van der Waals surface area contributed by atoms with Crippen molar-refractivity contribution in [2.24, 2.45) is 5.41 Å². The van der Waals surface area contributed by atoms with E-state index in [9.17, 15) is 24.0 Å². The zero-order valence-corrected chi connectivity index (χ0v) is 41.9. The number of likely N-dealkylation sites (tertiary alicyclic amines) is 1. The molecular formula is C49H68ClN11O5S. The van der Waals surface area contributed by atoms with Gasteiger partial charge in [0, 0.05) is 118 Å². The third-order valence-corrected chi connectivity index (χ3v) is 13.1. The molecule has 4 amide bonds. The first-order chi connectivity index (χ1) is 32.1. The average Bonchev–Trinajstić information content (AvgIpc) is 3.70. The number of aromatic nitrogens is 3. The number of likely N-dealkylation sites (N-methyl/N-ethyl adjacent to an activating group) is 2. The van der Waals surface area contributed by atoms with Crippen molar-refractivity contribution in [1.82, 2.24) is 45.2 Å². The minimum Gasteiger partial charge on any atom is -0.370 e. The number of hydrogen-bond donors (Lipinski definition) is 3. The number of carbonyl (C=O) groups excluding carboxylic acids is 5. The van der Waals surface area contributed by atoms with Crippen LogP contribution in [0.5, 0.6) is 0 Å². The molecule has 0 spiro atoms. The topological polar surface area (TPSA) is 176 Å². The molecule has 1 unspecified atom stereocenters. The summed E-state index contributed by atoms with van der Waals surface area (Å²) in [6.07, 6.45) is 19.3. The molecule has 362 valence electrons. The number of hydrogen-bond acceptors (Lipinski definition) is 14. The van der Waals surface area contributed by atoms with Gasteiger partial charge in [-0.05, 0) is 77.8 Å². The molecule has 3 fully saturated rings. The summed E-state index contributed by atoms with van der Waals surface area (Å²) in [6, 6.07) is 0.894. The number of amides is 4. The van der Waals surface area contributed by atoms with Crippen LogP contribution in [0.2, 0.25) is 0 Å². The zero-order valence-electron chi connectivity index (χ0n) is 40.4. The van der Waals surface area contributed by atoms with E-state index in [1.807, 2.05) is 57.2 Å². The zero-order chi connectivity index (χ0) is 48.7. The van der Waals surface area contributed by atoms with Crippen LogP contribution < -0.4 is 20.9 Å². The van der Waals surface area contributed by atoms with Gasteiger partial charge in [-0.3, -0.25) is 24.1 Å². The number of anilines is 3. The molecule has 5 aliphatic rings. The van der Waals surface area contributed by atoms with E-state index in [0.29, 0.717) is 50.5 Å². The highest BCUT2D eigenvalue weighted by Gasteiger charge is 2.42. The summed E-state index contributed by atoms with van der Waals surface area (Å²) < 4.78 is 0. The molecule has 67 heavy (non-hydrogen) atoms. The Labute approximate surface area is 405 Å². The summed E-state index contributed by atoms with van der Waals surface area (Å²) in [5, 5.41) is 9.91. The Morgan fingerprint density at radius 2 is 1.60 bits per heavy atom. The van der Waals surface area contributed by atoms with Crippen molar-refractivity contribution < 1.29 is 24.0 Å². The quantitative estimate of drug-likeness (QED) is 0.147. The Morgan fingerprint density at radius 3 is 2.28 bits per heavy atom. The molecular weight excluding hydrogens is 890 g/mol. The van der Waals surface area contributed by atoms with Crippen LogP contribution in [0, 0.1) is 12.3 Å². The van der Waals surface area contributed by atoms with Gasteiger partial charge < -0.3 is 40.3 Å². The fourth-order valence-electron chi connectivity index (χ4n) is 8.41. The Morgan fingerprint density at radius 1 is 0.910 bits per heavy atom. The van der Waals surface area contributed by atoms with E-state index in [2.05, 4.69) is 64.5 Å². The van der Waals surface area contributed by atoms with Crippen LogP contribution in [-0.4, -0.2) is 144 Å². The van der Waals surface area contributed by atoms with Crippen LogP contribution >= 0.6 is 22.9 Å². The van der Waals surface area contributed by atoms with Gasteiger partial charge in [0.1, 0.15) is 34.7 Å². The number of rotatable bonds is 13. The fourth-order valence-corrected chi connectivity index (χ4v) is 9.35. The molecule has 1 aliphatic carbocycles. The molecule has 7 rings (SSSR count). The third-order valence-electron chi connectivity index (χ3n) is 11.9. The van der Waals surface area contributed by atoms with Crippen LogP contribution in [0.15, 0.2) is 82.4 Å². The Kier molecular flexibility index (Phi) is 19.6. The average molecular weight is 959 g/mol. The lowest BCUT2D eigenvalue weighted by Gasteiger charge is -2.52. The number of carbonyl (C=O) groups is 5. The lowest BCUT2D eigenvalue weighted by molar-refractivity contribution is -0.148. The number of halogens is 1. The lowest BCUT2D eigenvalue weighted by Crippen LogP contribution is -2.60. The van der Waals surface area contributed by atoms with Gasteiger partial charge in [0.2, 0.25) is 5.91 Å². The van der Waals surface area contributed by atoms with Crippen LogP contribution in [0.3, 0.4) is 0 Å². The van der Waals surface area contributed by atoms with Gasteiger partial charge in [0.05, 0.1) is 6.20 Å². The summed E-state index contributed by atoms with van der Waals surface area (Å²) >= 11 is 7.38. The number of nitrogens with zero attached hydrogens (tertiary/aromatic N) is 8. The number of allylic oxidation sites excluding steroid dienone is 8. The number of imide groups is 1. The highest BCUT2D eigenvalue weighted by Crippen LogP contribution is 2.35. The van der Waals surface area contributed by atoms with Gasteiger partial charge in [-0.1, -0.05) is 61.9 Å². The smallest absolute Gasteiger partial charge is 0.267 e. The maximum absolute atomic E-state index is 13.4. The number of nitrogens with one attached hydrogen (secondary N) is 3. The van der Waals surface area contributed by atoms with Gasteiger partial charge in [0.25, 0.3) is 17.7 Å². The third kappa shape index (κ3) is 14.7. The molecule has 0 radical (unpaired) electrons. The number of thiazole rings is 1. The minimum absolute atomic E-state index is 0.0732. The van der Waals surface area contributed by atoms with Gasteiger partial charge in [0.15, 0.2) is 5.13 Å². The van der Waals surface area contributed by atoms with Crippen LogP contribution in [0.25, 0.3) is 0 Å². The molecule has 2 aromatic rings. The van der Waals surface area contributed by atoms with Crippen molar-refractivity contribution >= 4 is 69.6 Å². The highest BCUT2D eigenvalue weighted by molar-refractivity contribution is 7.17. The predicted octanol–water partition coefficient (Wildman–Crippen LogP) is 6.49. The molecule has 0 saturated carbocycles. The molecule has 1 atom stereocenters. The largest absolute Gasteiger partial charge is 0.370 e. The normalized spacial score (nSPS) is 21.7. The Bertz CT molecular complexity index is 2280. The van der Waals surface area contributed by atoms with Gasteiger partial charge >= 0.3 is 0 Å². The Balaban J connectivity index is 0.000000244. The summed E-state index contributed by atoms with van der Waals surface area (Å²) in [5.41, 5.74) is 2.53. The second-order valence-electron chi connectivity index (χ2n) is 17.6. The SMILES string of the molecule is CC.CNC(=O)C(CCC=O)N1C(=O)/C(C)=C/C=C(N2CC(C)(CN3CCN(C)CC3)C2)\C=C(/C)C1=O.Cc1nc(Nc2ncc(C(=O)NC3=CC=CC=C(Cl)C3)s2)cc(N2CCCCC2)n1. The number of aldehydes is 1. The lowest BCUT2D eigenvalue weighted by atomic mass is 9.80. The monoisotopic (exact) mass is 957 g/mol. The van der Waals surface area contributed by atoms with E-state index in [4.69, 9.17) is 11.6 Å². The molecule has 0 bridgehead atoms. The molecule has 3 N–H and O–H groups in total. The second kappa shape index (κ2) is 25.0. The van der Waals surface area contributed by atoms with E-state index in [1.165, 1.54) is 37.6 Å². The van der Waals surface area contributed by atoms with Gasteiger partial charge in [-0.2, -0.15) is 0 Å². The number of aryl methyl sites for hydroxylation is 1. The Hall–Kier alpha value is -5.49. The first-order valence-corrected chi connectivity index (χ1v) is 24.5. The van der Waals surface area contributed by atoms with E-state index in [-0.39, 0.29) is 24.2 Å².